The van der Waals surface area contributed by atoms with Gasteiger partial charge in [0.15, 0.2) is 5.17 Å². The van der Waals surface area contributed by atoms with Crippen molar-refractivity contribution >= 4 is 38.5 Å². The van der Waals surface area contributed by atoms with Crippen LogP contribution in [0.5, 0.6) is 0 Å². The van der Waals surface area contributed by atoms with Crippen LogP contribution in [0.3, 0.4) is 0 Å². The number of para-hydroxylation sites is 1. The van der Waals surface area contributed by atoms with Crippen LogP contribution in [0.15, 0.2) is 64.5 Å². The zero-order valence-corrected chi connectivity index (χ0v) is 17.7. The van der Waals surface area contributed by atoms with Crippen LogP contribution >= 0.6 is 11.8 Å². The van der Waals surface area contributed by atoms with E-state index >= 15 is 0 Å². The van der Waals surface area contributed by atoms with Crippen molar-refractivity contribution < 1.29 is 13.2 Å². The number of rotatable bonds is 5. The molecule has 0 aliphatic carbocycles. The van der Waals surface area contributed by atoms with Crippen molar-refractivity contribution in [3.8, 4) is 0 Å². The van der Waals surface area contributed by atoms with Crippen LogP contribution in [-0.4, -0.2) is 54.6 Å². The van der Waals surface area contributed by atoms with E-state index in [9.17, 15) is 13.2 Å². The van der Waals surface area contributed by atoms with Crippen molar-refractivity contribution in [2.75, 3.05) is 19.8 Å². The smallest absolute Gasteiger partial charge is 0.260 e. The standard InChI is InChI=1S/C20H23N3O3S2/c1-4-17-14-27-20(21-16-8-6-5-7-9-16)23(17)19(24)15-10-12-18(13-11-15)28(25,26)22(2)3/h5-13,17H,4,14H2,1-3H3/t17-/m1/s1. The summed E-state index contributed by atoms with van der Waals surface area (Å²) < 4.78 is 25.6. The lowest BCUT2D eigenvalue weighted by Crippen LogP contribution is -2.39. The maximum atomic E-state index is 13.2. The first kappa shape index (κ1) is 20.6. The summed E-state index contributed by atoms with van der Waals surface area (Å²) in [4.78, 5) is 19.7. The summed E-state index contributed by atoms with van der Waals surface area (Å²) >= 11 is 1.56. The molecule has 148 valence electrons. The highest BCUT2D eigenvalue weighted by Crippen LogP contribution is 2.30. The Morgan fingerprint density at radius 1 is 1.14 bits per heavy atom. The van der Waals surface area contributed by atoms with Gasteiger partial charge in [0.2, 0.25) is 10.0 Å². The third-order valence-corrected chi connectivity index (χ3v) is 7.45. The zero-order chi connectivity index (χ0) is 20.3. The number of thioether (sulfide) groups is 1. The molecule has 2 aromatic carbocycles. The van der Waals surface area contributed by atoms with Crippen LogP contribution in [0.4, 0.5) is 5.69 Å². The molecule has 0 aromatic heterocycles. The van der Waals surface area contributed by atoms with Crippen molar-refractivity contribution in [2.24, 2.45) is 4.99 Å². The molecule has 6 nitrogen and oxygen atoms in total. The highest BCUT2D eigenvalue weighted by molar-refractivity contribution is 8.14. The Balaban J connectivity index is 1.91. The molecule has 1 aliphatic rings. The van der Waals surface area contributed by atoms with Crippen molar-refractivity contribution in [3.63, 3.8) is 0 Å². The van der Waals surface area contributed by atoms with Gasteiger partial charge in [-0.25, -0.2) is 17.7 Å². The monoisotopic (exact) mass is 417 g/mol. The minimum atomic E-state index is -3.52. The van der Waals surface area contributed by atoms with Crippen molar-refractivity contribution in [1.29, 1.82) is 0 Å². The minimum absolute atomic E-state index is 0.0603. The third-order valence-electron chi connectivity index (χ3n) is 4.53. The second kappa shape index (κ2) is 8.46. The SMILES string of the molecule is CC[C@@H]1CSC(=Nc2ccccc2)N1C(=O)c1ccc(S(=O)(=O)N(C)C)cc1. The van der Waals surface area contributed by atoms with E-state index in [2.05, 4.69) is 4.99 Å². The zero-order valence-electron chi connectivity index (χ0n) is 16.1. The van der Waals surface area contributed by atoms with Gasteiger partial charge in [-0.3, -0.25) is 9.69 Å². The lowest BCUT2D eigenvalue weighted by Gasteiger charge is -2.23. The van der Waals surface area contributed by atoms with Crippen molar-refractivity contribution in [1.82, 2.24) is 9.21 Å². The first-order valence-corrected chi connectivity index (χ1v) is 11.4. The Kier molecular flexibility index (Phi) is 6.22. The van der Waals surface area contributed by atoms with E-state index in [4.69, 9.17) is 0 Å². The first-order chi connectivity index (χ1) is 13.3. The van der Waals surface area contributed by atoms with Crippen LogP contribution in [0, 0.1) is 0 Å². The number of sulfonamides is 1. The largest absolute Gasteiger partial charge is 0.283 e. The van der Waals surface area contributed by atoms with E-state index in [1.165, 1.54) is 26.2 Å². The Morgan fingerprint density at radius 2 is 1.79 bits per heavy atom. The molecule has 3 rings (SSSR count). The molecule has 0 spiro atoms. The molecule has 2 aromatic rings. The number of benzene rings is 2. The summed E-state index contributed by atoms with van der Waals surface area (Å²) in [5.41, 5.74) is 1.24. The Morgan fingerprint density at radius 3 is 2.36 bits per heavy atom. The second-order valence-electron chi connectivity index (χ2n) is 6.59. The topological polar surface area (TPSA) is 70.0 Å². The molecule has 0 radical (unpaired) electrons. The fourth-order valence-electron chi connectivity index (χ4n) is 2.84. The van der Waals surface area contributed by atoms with Gasteiger partial charge in [-0.05, 0) is 42.8 Å². The van der Waals surface area contributed by atoms with E-state index < -0.39 is 10.0 Å². The number of nitrogens with zero attached hydrogens (tertiary/aromatic N) is 3. The molecular weight excluding hydrogens is 394 g/mol. The van der Waals surface area contributed by atoms with Gasteiger partial charge in [-0.2, -0.15) is 0 Å². The predicted molar refractivity (Wildman–Crippen MR) is 114 cm³/mol. The van der Waals surface area contributed by atoms with Gasteiger partial charge in [0, 0.05) is 31.5 Å². The van der Waals surface area contributed by atoms with Crippen LogP contribution in [0.2, 0.25) is 0 Å². The van der Waals surface area contributed by atoms with Crippen LogP contribution < -0.4 is 0 Å². The molecule has 0 bridgehead atoms. The Hall–Kier alpha value is -2.16. The highest BCUT2D eigenvalue weighted by Gasteiger charge is 2.34. The van der Waals surface area contributed by atoms with E-state index in [1.807, 2.05) is 37.3 Å². The second-order valence-corrected chi connectivity index (χ2v) is 9.73. The van der Waals surface area contributed by atoms with Crippen LogP contribution in [0.25, 0.3) is 0 Å². The summed E-state index contributed by atoms with van der Waals surface area (Å²) in [7, 11) is -0.564. The Bertz CT molecular complexity index is 972. The average molecular weight is 418 g/mol. The molecule has 0 N–H and O–H groups in total. The van der Waals surface area contributed by atoms with Crippen LogP contribution in [-0.2, 0) is 10.0 Å². The fraction of sp³-hybridized carbons (Fsp3) is 0.300. The van der Waals surface area contributed by atoms with E-state index in [1.54, 1.807) is 28.8 Å². The normalized spacial score (nSPS) is 18.8. The van der Waals surface area contributed by atoms with Crippen molar-refractivity contribution in [3.05, 3.63) is 60.2 Å². The number of amides is 1. The lowest BCUT2D eigenvalue weighted by atomic mass is 10.1. The summed E-state index contributed by atoms with van der Waals surface area (Å²) in [5.74, 6) is 0.626. The third kappa shape index (κ3) is 4.14. The first-order valence-electron chi connectivity index (χ1n) is 8.97. The number of amidine groups is 1. The fourth-order valence-corrected chi connectivity index (χ4v) is 5.01. The molecule has 1 amide bonds. The number of carbonyl (C=O) groups excluding carboxylic acids is 1. The van der Waals surface area contributed by atoms with Gasteiger partial charge in [0.05, 0.1) is 10.6 Å². The summed E-state index contributed by atoms with van der Waals surface area (Å²) in [6, 6.07) is 15.7. The lowest BCUT2D eigenvalue weighted by molar-refractivity contribution is 0.0819. The number of hydrogen-bond acceptors (Lipinski definition) is 5. The molecule has 0 saturated carbocycles. The molecule has 28 heavy (non-hydrogen) atoms. The van der Waals surface area contributed by atoms with E-state index in [-0.39, 0.29) is 16.8 Å². The van der Waals surface area contributed by atoms with Crippen LogP contribution in [0.1, 0.15) is 23.7 Å². The maximum Gasteiger partial charge on any atom is 0.260 e. The quantitative estimate of drug-likeness (QED) is 0.745. The average Bonchev–Trinajstić information content (AvgIpc) is 3.10. The van der Waals surface area contributed by atoms with Gasteiger partial charge in [-0.15, -0.1) is 0 Å². The molecule has 1 atom stereocenters. The van der Waals surface area contributed by atoms with Crippen molar-refractivity contribution in [2.45, 2.75) is 24.3 Å². The van der Waals surface area contributed by atoms with E-state index in [0.29, 0.717) is 10.7 Å². The molecule has 1 aliphatic heterocycles. The number of hydrogen-bond donors (Lipinski definition) is 0. The van der Waals surface area contributed by atoms with E-state index in [0.717, 1.165) is 22.2 Å². The van der Waals surface area contributed by atoms with Gasteiger partial charge in [0.25, 0.3) is 5.91 Å². The molecule has 8 heteroatoms. The highest BCUT2D eigenvalue weighted by atomic mass is 32.2. The summed E-state index contributed by atoms with van der Waals surface area (Å²) in [6.07, 6.45) is 0.819. The number of aliphatic imine (C=N–C) groups is 1. The van der Waals surface area contributed by atoms with Gasteiger partial charge < -0.3 is 0 Å². The number of carbonyl (C=O) groups is 1. The van der Waals surface area contributed by atoms with Gasteiger partial charge in [-0.1, -0.05) is 36.9 Å². The maximum absolute atomic E-state index is 13.2. The molecule has 1 heterocycles. The summed E-state index contributed by atoms with van der Waals surface area (Å²) in [6.45, 7) is 2.05. The molecule has 0 unspecified atom stereocenters. The van der Waals surface area contributed by atoms with Gasteiger partial charge in [0.1, 0.15) is 0 Å². The molecule has 1 saturated heterocycles. The summed E-state index contributed by atoms with van der Waals surface area (Å²) in [5, 5.41) is 0.674. The molecular formula is C20H23N3O3S2. The van der Waals surface area contributed by atoms with Gasteiger partial charge >= 0.3 is 0 Å². The molecule has 1 fully saturated rings. The predicted octanol–water partition coefficient (Wildman–Crippen LogP) is 3.59. The minimum Gasteiger partial charge on any atom is -0.283 e. The Labute approximate surface area is 170 Å².